The second-order valence-electron chi connectivity index (χ2n) is 5.19. The van der Waals surface area contributed by atoms with Gasteiger partial charge in [0.15, 0.2) is 0 Å². The van der Waals surface area contributed by atoms with E-state index in [2.05, 4.69) is 11.8 Å². The van der Waals surface area contributed by atoms with Crippen molar-refractivity contribution in [3.63, 3.8) is 0 Å². The Kier molecular flexibility index (Phi) is 4.83. The van der Waals surface area contributed by atoms with Crippen LogP contribution in [0, 0.1) is 0 Å². The minimum atomic E-state index is 0.154. The van der Waals surface area contributed by atoms with Crippen molar-refractivity contribution in [1.29, 1.82) is 0 Å². The molecule has 1 unspecified atom stereocenters. The average Bonchev–Trinajstić information content (AvgIpc) is 2.86. The quantitative estimate of drug-likeness (QED) is 0.750. The Hall–Kier alpha value is -0.810. The Labute approximate surface area is 110 Å². The van der Waals surface area contributed by atoms with Gasteiger partial charge in [-0.3, -0.25) is 4.90 Å². The highest BCUT2D eigenvalue weighted by molar-refractivity contribution is 5.74. The molecular formula is C13H25N3O2. The highest BCUT2D eigenvalue weighted by Crippen LogP contribution is 2.17. The fourth-order valence-corrected chi connectivity index (χ4v) is 2.91. The average molecular weight is 255 g/mol. The molecule has 0 aromatic heterocycles. The van der Waals surface area contributed by atoms with Gasteiger partial charge in [0.2, 0.25) is 0 Å². The second kappa shape index (κ2) is 6.38. The summed E-state index contributed by atoms with van der Waals surface area (Å²) in [7, 11) is 1.92. The van der Waals surface area contributed by atoms with Crippen LogP contribution in [0.1, 0.15) is 19.8 Å². The number of likely N-dealkylation sites (tertiary alicyclic amines) is 1. The van der Waals surface area contributed by atoms with Gasteiger partial charge in [0.25, 0.3) is 0 Å². The van der Waals surface area contributed by atoms with E-state index < -0.39 is 0 Å². The van der Waals surface area contributed by atoms with Crippen molar-refractivity contribution >= 4 is 6.03 Å². The molecule has 0 aromatic carbocycles. The Bertz CT molecular complexity index is 279. The number of amides is 2. The molecule has 5 heteroatoms. The van der Waals surface area contributed by atoms with Gasteiger partial charge in [-0.2, -0.15) is 0 Å². The summed E-state index contributed by atoms with van der Waals surface area (Å²) in [6.07, 6.45) is 2.48. The Balaban J connectivity index is 1.82. The standard InChI is InChI=1S/C13H25N3O2/c1-3-15-6-4-5-12(15)11-14(2)13(17)16-7-9-18-10-8-16/h12H,3-11H2,1-2H3. The van der Waals surface area contributed by atoms with Gasteiger partial charge in [0.05, 0.1) is 13.2 Å². The minimum absolute atomic E-state index is 0.154. The van der Waals surface area contributed by atoms with Crippen LogP contribution in [-0.2, 0) is 4.74 Å². The van der Waals surface area contributed by atoms with Crippen molar-refractivity contribution < 1.29 is 9.53 Å². The van der Waals surface area contributed by atoms with Crippen LogP contribution in [-0.4, -0.2) is 79.8 Å². The predicted octanol–water partition coefficient (Wildman–Crippen LogP) is 0.855. The van der Waals surface area contributed by atoms with Gasteiger partial charge < -0.3 is 14.5 Å². The first-order chi connectivity index (χ1) is 8.72. The largest absolute Gasteiger partial charge is 0.378 e. The first-order valence-corrected chi connectivity index (χ1v) is 7.04. The number of carbonyl (C=O) groups is 1. The number of carbonyl (C=O) groups excluding carboxylic acids is 1. The molecule has 2 aliphatic heterocycles. The zero-order chi connectivity index (χ0) is 13.0. The third-order valence-corrected chi connectivity index (χ3v) is 4.00. The van der Waals surface area contributed by atoms with Crippen LogP contribution in [0.15, 0.2) is 0 Å². The smallest absolute Gasteiger partial charge is 0.319 e. The molecule has 0 saturated carbocycles. The normalized spacial score (nSPS) is 25.4. The van der Waals surface area contributed by atoms with E-state index in [4.69, 9.17) is 4.74 Å². The lowest BCUT2D eigenvalue weighted by Gasteiger charge is -2.33. The molecular weight excluding hydrogens is 230 g/mol. The molecule has 0 N–H and O–H groups in total. The van der Waals surface area contributed by atoms with Crippen LogP contribution < -0.4 is 0 Å². The van der Waals surface area contributed by atoms with Crippen molar-refractivity contribution in [3.05, 3.63) is 0 Å². The van der Waals surface area contributed by atoms with E-state index >= 15 is 0 Å². The lowest BCUT2D eigenvalue weighted by Crippen LogP contribution is -2.50. The van der Waals surface area contributed by atoms with Gasteiger partial charge in [-0.15, -0.1) is 0 Å². The Morgan fingerprint density at radius 2 is 2.06 bits per heavy atom. The van der Waals surface area contributed by atoms with E-state index in [1.807, 2.05) is 16.8 Å². The van der Waals surface area contributed by atoms with E-state index in [-0.39, 0.29) is 6.03 Å². The van der Waals surface area contributed by atoms with Crippen molar-refractivity contribution in [1.82, 2.24) is 14.7 Å². The van der Waals surface area contributed by atoms with Gasteiger partial charge in [-0.05, 0) is 25.9 Å². The van der Waals surface area contributed by atoms with E-state index in [0.717, 1.165) is 26.2 Å². The topological polar surface area (TPSA) is 36.0 Å². The van der Waals surface area contributed by atoms with Gasteiger partial charge in [-0.1, -0.05) is 6.92 Å². The highest BCUT2D eigenvalue weighted by Gasteiger charge is 2.27. The lowest BCUT2D eigenvalue weighted by atomic mass is 10.2. The maximum Gasteiger partial charge on any atom is 0.319 e. The molecule has 0 bridgehead atoms. The van der Waals surface area contributed by atoms with E-state index in [9.17, 15) is 4.79 Å². The zero-order valence-electron chi connectivity index (χ0n) is 11.6. The maximum atomic E-state index is 12.3. The van der Waals surface area contributed by atoms with Gasteiger partial charge >= 0.3 is 6.03 Å². The summed E-state index contributed by atoms with van der Waals surface area (Å²) in [5.41, 5.74) is 0. The summed E-state index contributed by atoms with van der Waals surface area (Å²) in [4.78, 5) is 18.5. The van der Waals surface area contributed by atoms with Crippen molar-refractivity contribution in [2.45, 2.75) is 25.8 Å². The molecule has 0 aromatic rings. The Morgan fingerprint density at radius 1 is 1.33 bits per heavy atom. The van der Waals surface area contributed by atoms with Crippen LogP contribution in [0.3, 0.4) is 0 Å². The van der Waals surface area contributed by atoms with Gasteiger partial charge in [-0.25, -0.2) is 4.79 Å². The molecule has 1 atom stereocenters. The zero-order valence-corrected chi connectivity index (χ0v) is 11.6. The Morgan fingerprint density at radius 3 is 2.72 bits per heavy atom. The molecule has 0 spiro atoms. The molecule has 2 amide bonds. The number of rotatable bonds is 3. The lowest BCUT2D eigenvalue weighted by molar-refractivity contribution is 0.0436. The van der Waals surface area contributed by atoms with Crippen molar-refractivity contribution in [3.8, 4) is 0 Å². The minimum Gasteiger partial charge on any atom is -0.378 e. The molecule has 0 aliphatic carbocycles. The summed E-state index contributed by atoms with van der Waals surface area (Å²) in [5.74, 6) is 0. The van der Waals surface area contributed by atoms with E-state index in [1.165, 1.54) is 19.4 Å². The monoisotopic (exact) mass is 255 g/mol. The third kappa shape index (κ3) is 3.14. The van der Waals surface area contributed by atoms with Crippen LogP contribution in [0.4, 0.5) is 4.79 Å². The number of morpholine rings is 1. The summed E-state index contributed by atoms with van der Waals surface area (Å²) in [5, 5.41) is 0. The van der Waals surface area contributed by atoms with Crippen LogP contribution in [0.2, 0.25) is 0 Å². The predicted molar refractivity (Wildman–Crippen MR) is 70.7 cm³/mol. The first kappa shape index (κ1) is 13.6. The fraction of sp³-hybridized carbons (Fsp3) is 0.923. The summed E-state index contributed by atoms with van der Waals surface area (Å²) in [6.45, 7) is 8.11. The molecule has 2 heterocycles. The maximum absolute atomic E-state index is 12.3. The molecule has 5 nitrogen and oxygen atoms in total. The fourth-order valence-electron chi connectivity index (χ4n) is 2.91. The third-order valence-electron chi connectivity index (χ3n) is 4.00. The molecule has 2 fully saturated rings. The molecule has 18 heavy (non-hydrogen) atoms. The summed E-state index contributed by atoms with van der Waals surface area (Å²) in [6, 6.07) is 0.700. The number of hydrogen-bond acceptors (Lipinski definition) is 3. The number of hydrogen-bond donors (Lipinski definition) is 0. The SMILES string of the molecule is CCN1CCCC1CN(C)C(=O)N1CCOCC1. The molecule has 0 radical (unpaired) electrons. The first-order valence-electron chi connectivity index (χ1n) is 7.04. The van der Waals surface area contributed by atoms with E-state index in [1.54, 1.807) is 0 Å². The van der Waals surface area contributed by atoms with Crippen molar-refractivity contribution in [2.24, 2.45) is 0 Å². The highest BCUT2D eigenvalue weighted by atomic mass is 16.5. The number of likely N-dealkylation sites (N-methyl/N-ethyl adjacent to an activating group) is 2. The number of ether oxygens (including phenoxy) is 1. The summed E-state index contributed by atoms with van der Waals surface area (Å²) >= 11 is 0. The van der Waals surface area contributed by atoms with Gasteiger partial charge in [0, 0.05) is 32.7 Å². The number of nitrogens with zero attached hydrogens (tertiary/aromatic N) is 3. The van der Waals surface area contributed by atoms with Crippen LogP contribution >= 0.6 is 0 Å². The van der Waals surface area contributed by atoms with Crippen LogP contribution in [0.25, 0.3) is 0 Å². The van der Waals surface area contributed by atoms with Crippen molar-refractivity contribution in [2.75, 3.05) is 53.0 Å². The molecule has 104 valence electrons. The second-order valence-corrected chi connectivity index (χ2v) is 5.19. The molecule has 2 aliphatic rings. The molecule has 2 rings (SSSR count). The van der Waals surface area contributed by atoms with Crippen LogP contribution in [0.5, 0.6) is 0 Å². The molecule has 2 saturated heterocycles. The summed E-state index contributed by atoms with van der Waals surface area (Å²) < 4.78 is 5.28. The number of urea groups is 1. The van der Waals surface area contributed by atoms with E-state index in [0.29, 0.717) is 19.3 Å². The van der Waals surface area contributed by atoms with Gasteiger partial charge in [0.1, 0.15) is 0 Å².